The lowest BCUT2D eigenvalue weighted by molar-refractivity contribution is -0.110. The van der Waals surface area contributed by atoms with Crippen LogP contribution < -0.4 is 9.47 Å². The van der Waals surface area contributed by atoms with Crippen molar-refractivity contribution < 1.29 is 19.4 Å². The molecule has 2 heterocycles. The zero-order valence-electron chi connectivity index (χ0n) is 23.1. The summed E-state index contributed by atoms with van der Waals surface area (Å²) >= 11 is 12.3. The van der Waals surface area contributed by atoms with Crippen molar-refractivity contribution >= 4 is 62.9 Å². The monoisotopic (exact) mass is 590 g/mol. The van der Waals surface area contributed by atoms with Crippen LogP contribution in [0.4, 0.5) is 0 Å². The predicted octanol–water partition coefficient (Wildman–Crippen LogP) is 9.19. The molecular formula is C33H32Cl2N2O4. The van der Waals surface area contributed by atoms with E-state index in [0.717, 1.165) is 53.6 Å². The van der Waals surface area contributed by atoms with Gasteiger partial charge in [0.05, 0.1) is 24.2 Å². The molecule has 1 N–H and O–H groups in total. The van der Waals surface area contributed by atoms with Gasteiger partial charge in [-0.3, -0.25) is 4.79 Å². The molecule has 0 unspecified atom stereocenters. The van der Waals surface area contributed by atoms with Crippen LogP contribution in [0.5, 0.6) is 11.8 Å². The summed E-state index contributed by atoms with van der Waals surface area (Å²) in [5.74, 6) is 0.266. The summed E-state index contributed by atoms with van der Waals surface area (Å²) in [5.41, 5.74) is 2.80. The summed E-state index contributed by atoms with van der Waals surface area (Å²) in [7, 11) is 0. The van der Waals surface area contributed by atoms with E-state index in [2.05, 4.69) is 23.8 Å². The Morgan fingerprint density at radius 2 is 1.27 bits per heavy atom. The van der Waals surface area contributed by atoms with Crippen molar-refractivity contribution in [1.29, 1.82) is 0 Å². The molecule has 0 fully saturated rings. The topological polar surface area (TPSA) is 81.5 Å². The Labute approximate surface area is 249 Å². The highest BCUT2D eigenvalue weighted by Gasteiger charge is 2.09. The Morgan fingerprint density at radius 1 is 0.780 bits per heavy atom. The number of unbranched alkanes of at least 4 members (excludes halogenated alkanes) is 2. The van der Waals surface area contributed by atoms with Gasteiger partial charge in [0, 0.05) is 38.0 Å². The number of aromatic nitrogens is 2. The van der Waals surface area contributed by atoms with Gasteiger partial charge in [-0.1, -0.05) is 49.9 Å². The van der Waals surface area contributed by atoms with Gasteiger partial charge in [-0.15, -0.1) is 0 Å². The number of carbonyl (C=O) groups is 1. The van der Waals surface area contributed by atoms with Crippen molar-refractivity contribution in [2.24, 2.45) is 0 Å². The van der Waals surface area contributed by atoms with Gasteiger partial charge in [-0.2, -0.15) is 0 Å². The van der Waals surface area contributed by atoms with Crippen LogP contribution in [0, 0.1) is 0 Å². The molecule has 212 valence electrons. The minimum Gasteiger partial charge on any atom is -0.508 e. The molecule has 0 aliphatic carbocycles. The maximum atomic E-state index is 12.7. The van der Waals surface area contributed by atoms with Gasteiger partial charge in [-0.05, 0) is 85.7 Å². The van der Waals surface area contributed by atoms with Crippen molar-refractivity contribution in [3.63, 3.8) is 0 Å². The smallest absolute Gasteiger partial charge is 0.221 e. The number of ketones is 1. The third-order valence-electron chi connectivity index (χ3n) is 6.16. The van der Waals surface area contributed by atoms with E-state index in [4.69, 9.17) is 32.7 Å². The van der Waals surface area contributed by atoms with Crippen LogP contribution in [0.25, 0.3) is 34.0 Å². The molecule has 4 rings (SSSR count). The third-order valence-corrected chi connectivity index (χ3v) is 6.63. The summed E-state index contributed by atoms with van der Waals surface area (Å²) in [6.07, 6.45) is 11.0. The Kier molecular flexibility index (Phi) is 10.8. The first-order valence-electron chi connectivity index (χ1n) is 13.6. The molecule has 0 bridgehead atoms. The number of benzene rings is 2. The lowest BCUT2D eigenvalue weighted by atomic mass is 10.1. The normalized spacial score (nSPS) is 12.1. The number of allylic oxidation sites excluding steroid dienone is 3. The fourth-order valence-corrected chi connectivity index (χ4v) is 4.34. The molecule has 0 atom stereocenters. The molecule has 8 heteroatoms. The van der Waals surface area contributed by atoms with E-state index in [1.165, 1.54) is 12.2 Å². The zero-order valence-corrected chi connectivity index (χ0v) is 24.6. The average Bonchev–Trinajstić information content (AvgIpc) is 2.95. The lowest BCUT2D eigenvalue weighted by Crippen LogP contribution is -2.01. The average molecular weight is 592 g/mol. The Balaban J connectivity index is 1.55. The maximum absolute atomic E-state index is 12.7. The fraction of sp³-hybridized carbons (Fsp3) is 0.242. The highest BCUT2D eigenvalue weighted by atomic mass is 35.5. The summed E-state index contributed by atoms with van der Waals surface area (Å²) in [4.78, 5) is 21.9. The maximum Gasteiger partial charge on any atom is 0.221 e. The number of carbonyl (C=O) groups excluding carboxylic acids is 1. The number of ether oxygens (including phenoxy) is 2. The molecule has 2 aromatic heterocycles. The molecular weight excluding hydrogens is 559 g/mol. The largest absolute Gasteiger partial charge is 0.508 e. The quantitative estimate of drug-likeness (QED) is 0.0723. The second-order valence-corrected chi connectivity index (χ2v) is 10.4. The lowest BCUT2D eigenvalue weighted by Gasteiger charge is -2.10. The van der Waals surface area contributed by atoms with Crippen molar-refractivity contribution in [1.82, 2.24) is 9.97 Å². The van der Waals surface area contributed by atoms with Gasteiger partial charge >= 0.3 is 0 Å². The number of halogens is 2. The molecule has 0 radical (unpaired) electrons. The Bertz CT molecular complexity index is 1630. The first-order valence-corrected chi connectivity index (χ1v) is 14.4. The SMILES string of the molecule is CCCCOc1nc2ccc(Cl)cc2cc1/C=C/C(=O)/C=C(O)/C=C/c1cc2cc(Cl)ccc2nc1OCCCC. The van der Waals surface area contributed by atoms with Gasteiger partial charge < -0.3 is 14.6 Å². The molecule has 0 spiro atoms. The van der Waals surface area contributed by atoms with E-state index in [-0.39, 0.29) is 5.76 Å². The molecule has 4 aromatic rings. The number of hydrogen-bond acceptors (Lipinski definition) is 6. The van der Waals surface area contributed by atoms with E-state index in [0.29, 0.717) is 46.1 Å². The highest BCUT2D eigenvalue weighted by molar-refractivity contribution is 6.31. The van der Waals surface area contributed by atoms with Crippen molar-refractivity contribution in [2.75, 3.05) is 13.2 Å². The van der Waals surface area contributed by atoms with E-state index in [9.17, 15) is 9.90 Å². The van der Waals surface area contributed by atoms with Crippen LogP contribution >= 0.6 is 23.2 Å². The van der Waals surface area contributed by atoms with Crippen molar-refractivity contribution in [3.05, 3.63) is 93.7 Å². The zero-order chi connectivity index (χ0) is 29.2. The summed E-state index contributed by atoms with van der Waals surface area (Å²) in [6.45, 7) is 5.20. The Hall–Kier alpha value is -3.87. The Morgan fingerprint density at radius 3 is 1.76 bits per heavy atom. The van der Waals surface area contributed by atoms with Gasteiger partial charge in [0.2, 0.25) is 11.8 Å². The number of rotatable bonds is 13. The van der Waals surface area contributed by atoms with Gasteiger partial charge in [0.25, 0.3) is 0 Å². The summed E-state index contributed by atoms with van der Waals surface area (Å²) in [6, 6.07) is 14.6. The van der Waals surface area contributed by atoms with Crippen LogP contribution in [0.1, 0.15) is 50.7 Å². The van der Waals surface area contributed by atoms with Crippen molar-refractivity contribution in [3.8, 4) is 11.8 Å². The fourth-order valence-electron chi connectivity index (χ4n) is 3.98. The second kappa shape index (κ2) is 14.7. The van der Waals surface area contributed by atoms with E-state index in [1.54, 1.807) is 24.3 Å². The number of aliphatic hydroxyl groups excluding tert-OH is 1. The first kappa shape index (κ1) is 30.1. The molecule has 0 aliphatic heterocycles. The van der Waals surface area contributed by atoms with E-state index >= 15 is 0 Å². The van der Waals surface area contributed by atoms with Gasteiger partial charge in [-0.25, -0.2) is 9.97 Å². The van der Waals surface area contributed by atoms with Crippen LogP contribution in [-0.2, 0) is 4.79 Å². The minimum atomic E-state index is -0.402. The number of aliphatic hydroxyl groups is 1. The molecule has 6 nitrogen and oxygen atoms in total. The standard InChI is InChI=1S/C33H32Cl2N2O4/c1-3-5-15-40-32-22(17-24-19-26(34)9-13-30(24)36-32)7-11-28(38)21-29(39)12-8-23-18-25-20-27(35)10-14-31(25)37-33(23)41-16-6-4-2/h7-14,17-21,38H,3-6,15-16H2,1-2H3/b11-7+,12-8+,28-21-. The number of nitrogens with zero attached hydrogens (tertiary/aromatic N) is 2. The first-order chi connectivity index (χ1) is 19.9. The molecule has 2 aromatic carbocycles. The van der Waals surface area contributed by atoms with E-state index in [1.807, 2.05) is 36.4 Å². The minimum absolute atomic E-state index is 0.215. The molecule has 0 amide bonds. The second-order valence-electron chi connectivity index (χ2n) is 9.48. The van der Waals surface area contributed by atoms with E-state index < -0.39 is 5.78 Å². The predicted molar refractivity (Wildman–Crippen MR) is 168 cm³/mol. The number of pyridine rings is 2. The van der Waals surface area contributed by atoms with Crippen LogP contribution in [-0.4, -0.2) is 34.1 Å². The number of hydrogen-bond donors (Lipinski definition) is 1. The van der Waals surface area contributed by atoms with Gasteiger partial charge in [0.1, 0.15) is 5.76 Å². The van der Waals surface area contributed by atoms with Crippen LogP contribution in [0.15, 0.2) is 72.5 Å². The van der Waals surface area contributed by atoms with Crippen LogP contribution in [0.2, 0.25) is 10.0 Å². The van der Waals surface area contributed by atoms with Gasteiger partial charge in [0.15, 0.2) is 5.78 Å². The summed E-state index contributed by atoms with van der Waals surface area (Å²) < 4.78 is 11.8. The molecule has 41 heavy (non-hydrogen) atoms. The molecule has 0 aliphatic rings. The third kappa shape index (κ3) is 8.56. The highest BCUT2D eigenvalue weighted by Crippen LogP contribution is 2.28. The number of fused-ring (bicyclic) bond motifs is 2. The summed E-state index contributed by atoms with van der Waals surface area (Å²) in [5, 5.41) is 13.3. The molecule has 0 saturated heterocycles. The van der Waals surface area contributed by atoms with Crippen molar-refractivity contribution in [2.45, 2.75) is 39.5 Å². The van der Waals surface area contributed by atoms with Crippen LogP contribution in [0.3, 0.4) is 0 Å². The molecule has 0 saturated carbocycles.